The fourth-order valence-corrected chi connectivity index (χ4v) is 8.34. The molecule has 0 radical (unpaired) electrons. The first kappa shape index (κ1) is 22.2. The van der Waals surface area contributed by atoms with Crippen LogP contribution >= 0.6 is 17.2 Å². The van der Waals surface area contributed by atoms with Crippen molar-refractivity contribution in [2.75, 3.05) is 6.16 Å². The minimum Gasteiger partial charge on any atom is -0.240 e. The normalized spacial score (nSPS) is 15.4. The zero-order valence-electron chi connectivity index (χ0n) is 18.3. The summed E-state index contributed by atoms with van der Waals surface area (Å²) in [6.07, 6.45) is 13.7. The highest BCUT2D eigenvalue weighted by Crippen LogP contribution is 2.61. The van der Waals surface area contributed by atoms with Crippen LogP contribution in [-0.4, -0.2) is 36.4 Å². The van der Waals surface area contributed by atoms with Gasteiger partial charge in [-0.2, -0.15) is 0 Å². The summed E-state index contributed by atoms with van der Waals surface area (Å²) in [5, 5.41) is -0.103. The van der Waals surface area contributed by atoms with Crippen molar-refractivity contribution >= 4 is 17.2 Å². The van der Waals surface area contributed by atoms with Crippen LogP contribution < -0.4 is 0 Å². The van der Waals surface area contributed by atoms with Crippen LogP contribution in [-0.2, 0) is 5.16 Å². The summed E-state index contributed by atoms with van der Waals surface area (Å²) in [7, 11) is 2.73. The Hall–Kier alpha value is -1.50. The summed E-state index contributed by atoms with van der Waals surface area (Å²) in [4.78, 5) is 18.5. The third-order valence-electron chi connectivity index (χ3n) is 5.29. The van der Waals surface area contributed by atoms with Crippen molar-refractivity contribution in [1.82, 2.24) is 19.9 Å². The molecule has 2 aromatic rings. The van der Waals surface area contributed by atoms with Gasteiger partial charge in [0.1, 0.15) is 16.8 Å². The van der Waals surface area contributed by atoms with Gasteiger partial charge in [-0.3, -0.25) is 0 Å². The number of nitrogens with zero attached hydrogens (tertiary/aromatic N) is 4. The average molecular weight is 426 g/mol. The second-order valence-corrected chi connectivity index (χ2v) is 14.2. The lowest BCUT2D eigenvalue weighted by Crippen LogP contribution is -2.30. The summed E-state index contributed by atoms with van der Waals surface area (Å²) >= 11 is 0. The molecule has 1 aliphatic rings. The Morgan fingerprint density at radius 1 is 0.828 bits per heavy atom. The molecule has 154 valence electrons. The molecule has 0 aliphatic heterocycles. The van der Waals surface area contributed by atoms with E-state index in [0.717, 1.165) is 24.2 Å². The average Bonchev–Trinajstić information content (AvgIpc) is 3.14. The summed E-state index contributed by atoms with van der Waals surface area (Å²) < 4.78 is 0. The van der Waals surface area contributed by atoms with E-state index in [0.29, 0.717) is 0 Å². The molecule has 1 aliphatic carbocycles. The maximum atomic E-state index is 4.61. The van der Waals surface area contributed by atoms with E-state index in [-0.39, 0.29) is 18.2 Å². The van der Waals surface area contributed by atoms with E-state index in [4.69, 9.17) is 0 Å². The minimum absolute atomic E-state index is 0.262. The number of aromatic nitrogens is 4. The van der Waals surface area contributed by atoms with Crippen molar-refractivity contribution in [3.05, 3.63) is 71.9 Å². The van der Waals surface area contributed by atoms with E-state index in [9.17, 15) is 0 Å². The lowest BCUT2D eigenvalue weighted by Gasteiger charge is -2.42. The molecule has 2 aromatic heterocycles. The molecule has 0 spiro atoms. The van der Waals surface area contributed by atoms with Crippen molar-refractivity contribution in [3.8, 4) is 0 Å². The van der Waals surface area contributed by atoms with Crippen LogP contribution in [0.1, 0.15) is 59.6 Å². The first-order chi connectivity index (χ1) is 13.5. The van der Waals surface area contributed by atoms with Gasteiger partial charge in [0.2, 0.25) is 0 Å². The van der Waals surface area contributed by atoms with E-state index in [2.05, 4.69) is 82.9 Å². The van der Waals surface area contributed by atoms with E-state index in [1.165, 1.54) is 11.1 Å². The van der Waals surface area contributed by atoms with Crippen LogP contribution in [0.25, 0.3) is 0 Å². The van der Waals surface area contributed by atoms with Crippen molar-refractivity contribution < 1.29 is 0 Å². The van der Waals surface area contributed by atoms with Crippen LogP contribution in [0, 0.1) is 0 Å². The zero-order valence-corrected chi connectivity index (χ0v) is 20.4. The Labute approximate surface area is 178 Å². The zero-order chi connectivity index (χ0) is 21.3. The summed E-state index contributed by atoms with van der Waals surface area (Å²) in [5.41, 5.74) is 2.68. The summed E-state index contributed by atoms with van der Waals surface area (Å²) in [6.45, 7) is 14.2. The van der Waals surface area contributed by atoms with Gasteiger partial charge in [-0.25, -0.2) is 19.9 Å². The lowest BCUT2D eigenvalue weighted by atomic mass is 9.92. The molecule has 0 N–H and O–H groups in total. The fraction of sp³-hybridized carbons (Fsp3) is 0.478. The van der Waals surface area contributed by atoms with Gasteiger partial charge in [-0.15, -0.1) is 9.24 Å². The fourth-order valence-electron chi connectivity index (χ4n) is 4.14. The molecular weight excluding hydrogens is 394 g/mol. The third kappa shape index (κ3) is 4.65. The SMILES string of the molecule is CC(C)(C)P(CC1=C(C(P)(c2ncccn2)c2ncccn2)CC=C1)C(C)(C)C. The largest absolute Gasteiger partial charge is 0.240 e. The van der Waals surface area contributed by atoms with Crippen LogP contribution in [0.15, 0.2) is 60.2 Å². The highest BCUT2D eigenvalue weighted by molar-refractivity contribution is 7.61. The Balaban J connectivity index is 2.15. The first-order valence-electron chi connectivity index (χ1n) is 10.1. The number of hydrogen-bond donors (Lipinski definition) is 0. The molecule has 0 fully saturated rings. The molecule has 29 heavy (non-hydrogen) atoms. The topological polar surface area (TPSA) is 51.6 Å². The molecule has 3 rings (SSSR count). The predicted octanol–water partition coefficient (Wildman–Crippen LogP) is 5.72. The standard InChI is InChI=1S/C23H32N4P2/c1-21(2,3)29(22(4,5)6)16-17-10-7-11-18(17)23(28,19-24-12-8-13-25-19)20-26-14-9-15-27-20/h7-10,12-15H,11,16,28H2,1-6H3. The molecular formula is C23H32N4P2. The summed E-state index contributed by atoms with van der Waals surface area (Å²) in [6, 6.07) is 3.70. The van der Waals surface area contributed by atoms with Crippen molar-refractivity contribution in [3.63, 3.8) is 0 Å². The Kier molecular flexibility index (Phi) is 6.37. The molecule has 4 nitrogen and oxygen atoms in total. The number of hydrogen-bond acceptors (Lipinski definition) is 4. The van der Waals surface area contributed by atoms with Gasteiger partial charge in [-0.1, -0.05) is 61.6 Å². The van der Waals surface area contributed by atoms with Gasteiger partial charge in [0, 0.05) is 24.8 Å². The third-order valence-corrected chi connectivity index (χ3v) is 10.1. The molecule has 0 bridgehead atoms. The maximum Gasteiger partial charge on any atom is 0.149 e. The molecule has 0 aromatic carbocycles. The maximum absolute atomic E-state index is 4.61. The molecule has 0 saturated heterocycles. The van der Waals surface area contributed by atoms with Crippen molar-refractivity contribution in [1.29, 1.82) is 0 Å². The molecule has 0 amide bonds. The van der Waals surface area contributed by atoms with Crippen LogP contribution in [0.4, 0.5) is 0 Å². The monoisotopic (exact) mass is 426 g/mol. The lowest BCUT2D eigenvalue weighted by molar-refractivity contribution is 0.696. The second-order valence-electron chi connectivity index (χ2n) is 9.49. The molecule has 2 heterocycles. The van der Waals surface area contributed by atoms with E-state index < -0.39 is 5.16 Å². The van der Waals surface area contributed by atoms with Gasteiger partial charge < -0.3 is 0 Å². The smallest absolute Gasteiger partial charge is 0.149 e. The van der Waals surface area contributed by atoms with E-state index in [1.807, 2.05) is 12.1 Å². The van der Waals surface area contributed by atoms with Gasteiger partial charge >= 0.3 is 0 Å². The second kappa shape index (κ2) is 8.32. The Morgan fingerprint density at radius 3 is 1.69 bits per heavy atom. The van der Waals surface area contributed by atoms with Gasteiger partial charge in [0.15, 0.2) is 0 Å². The Bertz CT molecular complexity index is 840. The number of allylic oxidation sites excluding steroid dienone is 4. The first-order valence-corrected chi connectivity index (χ1v) is 12.2. The highest BCUT2D eigenvalue weighted by atomic mass is 31.1. The quantitative estimate of drug-likeness (QED) is 0.574. The minimum atomic E-state index is -0.627. The summed E-state index contributed by atoms with van der Waals surface area (Å²) in [5.74, 6) is 1.45. The molecule has 6 heteroatoms. The highest BCUT2D eigenvalue weighted by Gasteiger charge is 2.42. The van der Waals surface area contributed by atoms with Crippen molar-refractivity contribution in [2.45, 2.75) is 63.4 Å². The predicted molar refractivity (Wildman–Crippen MR) is 127 cm³/mol. The van der Waals surface area contributed by atoms with Gasteiger partial charge in [0.05, 0.1) is 0 Å². The van der Waals surface area contributed by atoms with E-state index >= 15 is 0 Å². The van der Waals surface area contributed by atoms with Crippen LogP contribution in [0.3, 0.4) is 0 Å². The van der Waals surface area contributed by atoms with Gasteiger partial charge in [0.25, 0.3) is 0 Å². The van der Waals surface area contributed by atoms with Crippen molar-refractivity contribution in [2.24, 2.45) is 0 Å². The molecule has 1 unspecified atom stereocenters. The van der Waals surface area contributed by atoms with Gasteiger partial charge in [-0.05, 0) is 46.2 Å². The van der Waals surface area contributed by atoms with Crippen LogP contribution in [0.5, 0.6) is 0 Å². The van der Waals surface area contributed by atoms with E-state index in [1.54, 1.807) is 24.8 Å². The Morgan fingerprint density at radius 2 is 1.28 bits per heavy atom. The van der Waals surface area contributed by atoms with Crippen LogP contribution in [0.2, 0.25) is 0 Å². The molecule has 1 atom stereocenters. The number of rotatable bonds is 5. The molecule has 0 saturated carbocycles.